The molecule has 0 aliphatic heterocycles. The minimum atomic E-state index is -4.46. The number of nitrogens with zero attached hydrogens (tertiary/aromatic N) is 2. The maximum atomic E-state index is 13.2. The van der Waals surface area contributed by atoms with Crippen LogP contribution in [0.5, 0.6) is 0 Å². The van der Waals surface area contributed by atoms with Crippen molar-refractivity contribution in [1.29, 1.82) is 0 Å². The van der Waals surface area contributed by atoms with Crippen molar-refractivity contribution in [3.8, 4) is 0 Å². The van der Waals surface area contributed by atoms with Crippen LogP contribution < -0.4 is 10.6 Å². The van der Waals surface area contributed by atoms with Gasteiger partial charge in [0, 0.05) is 30.6 Å². The smallest absolute Gasteiger partial charge is 0.416 e. The summed E-state index contributed by atoms with van der Waals surface area (Å²) in [4.78, 5) is 31.5. The van der Waals surface area contributed by atoms with Gasteiger partial charge in [0.25, 0.3) is 5.91 Å². The van der Waals surface area contributed by atoms with Crippen LogP contribution in [0.3, 0.4) is 0 Å². The first-order valence-corrected chi connectivity index (χ1v) is 12.2. The number of nitrogens with one attached hydrogen (secondary N) is 2. The lowest BCUT2D eigenvalue weighted by Gasteiger charge is -2.20. The highest BCUT2D eigenvalue weighted by atomic mass is 32.1. The topological polar surface area (TPSA) is 87.5 Å². The van der Waals surface area contributed by atoms with Crippen LogP contribution in [0.4, 0.5) is 24.0 Å². The highest BCUT2D eigenvalue weighted by Crippen LogP contribution is 2.29. The lowest BCUT2D eigenvalue weighted by Crippen LogP contribution is -2.35. The fraction of sp³-hybridized carbons (Fsp3) is 0.192. The van der Waals surface area contributed by atoms with E-state index in [1.807, 2.05) is 30.3 Å². The molecular formula is C26H23F3N4O3S. The number of anilines is 2. The standard InChI is InChI=1S/C26H23F3N4O3S/c27-26(28,29)19-7-4-6-18(14-19)15-30-23(34)11-12-33(16-21-10-5-13-36-21)24(35)22-17-37-25(32-22)31-20-8-2-1-3-9-20/h1-10,13-14,17H,11-12,15-16H2,(H,30,34)(H,31,32). The van der Waals surface area contributed by atoms with Gasteiger partial charge in [-0.3, -0.25) is 9.59 Å². The Morgan fingerprint density at radius 3 is 2.57 bits per heavy atom. The highest BCUT2D eigenvalue weighted by molar-refractivity contribution is 7.14. The van der Waals surface area contributed by atoms with E-state index in [1.165, 1.54) is 34.6 Å². The summed E-state index contributed by atoms with van der Waals surface area (Å²) in [5.41, 5.74) is 0.603. The molecule has 4 aromatic rings. The molecule has 0 radical (unpaired) electrons. The third kappa shape index (κ3) is 7.43. The van der Waals surface area contributed by atoms with Gasteiger partial charge in [0.15, 0.2) is 5.13 Å². The number of benzene rings is 2. The van der Waals surface area contributed by atoms with E-state index in [1.54, 1.807) is 17.5 Å². The molecular weight excluding hydrogens is 505 g/mol. The molecule has 0 aliphatic rings. The van der Waals surface area contributed by atoms with Gasteiger partial charge in [-0.25, -0.2) is 4.98 Å². The summed E-state index contributed by atoms with van der Waals surface area (Å²) in [6.45, 7) is 0.133. The van der Waals surface area contributed by atoms with E-state index in [4.69, 9.17) is 4.42 Å². The summed E-state index contributed by atoms with van der Waals surface area (Å²) >= 11 is 1.28. The second-order valence-corrected chi connectivity index (χ2v) is 8.92. The lowest BCUT2D eigenvalue weighted by atomic mass is 10.1. The quantitative estimate of drug-likeness (QED) is 0.270. The fourth-order valence-corrected chi connectivity index (χ4v) is 4.17. The molecule has 2 N–H and O–H groups in total. The monoisotopic (exact) mass is 528 g/mol. The zero-order valence-electron chi connectivity index (χ0n) is 19.5. The number of para-hydroxylation sites is 1. The summed E-state index contributed by atoms with van der Waals surface area (Å²) in [5.74, 6) is -0.241. The van der Waals surface area contributed by atoms with Crippen molar-refractivity contribution in [3.05, 3.63) is 101 Å². The van der Waals surface area contributed by atoms with E-state index in [2.05, 4.69) is 15.6 Å². The summed E-state index contributed by atoms with van der Waals surface area (Å²) in [6.07, 6.45) is -3.02. The number of halogens is 3. The SMILES string of the molecule is O=C(CCN(Cc1ccco1)C(=O)c1csc(Nc2ccccc2)n1)NCc1cccc(C(F)(F)F)c1. The first-order chi connectivity index (χ1) is 17.8. The summed E-state index contributed by atoms with van der Waals surface area (Å²) in [7, 11) is 0. The van der Waals surface area contributed by atoms with Crippen LogP contribution in [0.1, 0.15) is 33.8 Å². The Morgan fingerprint density at radius 2 is 1.84 bits per heavy atom. The molecule has 2 heterocycles. The maximum Gasteiger partial charge on any atom is 0.416 e. The van der Waals surface area contributed by atoms with Crippen LogP contribution in [0.2, 0.25) is 0 Å². The fourth-order valence-electron chi connectivity index (χ4n) is 3.46. The average molecular weight is 529 g/mol. The zero-order valence-corrected chi connectivity index (χ0v) is 20.3. The number of carbonyl (C=O) groups is 2. The van der Waals surface area contributed by atoms with Gasteiger partial charge >= 0.3 is 6.18 Å². The molecule has 0 aliphatic carbocycles. The molecule has 0 bridgehead atoms. The molecule has 0 atom stereocenters. The van der Waals surface area contributed by atoms with Crippen molar-refractivity contribution >= 4 is 34.0 Å². The molecule has 7 nitrogen and oxygen atoms in total. The first kappa shape index (κ1) is 26.0. The van der Waals surface area contributed by atoms with Gasteiger partial charge in [-0.1, -0.05) is 30.3 Å². The van der Waals surface area contributed by atoms with Gasteiger partial charge in [-0.2, -0.15) is 13.2 Å². The second-order valence-electron chi connectivity index (χ2n) is 8.06. The Hall–Kier alpha value is -4.12. The van der Waals surface area contributed by atoms with E-state index in [0.29, 0.717) is 16.5 Å². The maximum absolute atomic E-state index is 13.2. The Labute approximate surface area is 214 Å². The van der Waals surface area contributed by atoms with Crippen LogP contribution in [-0.2, 0) is 24.1 Å². The molecule has 2 aromatic heterocycles. The van der Waals surface area contributed by atoms with Gasteiger partial charge in [-0.15, -0.1) is 11.3 Å². The number of carbonyl (C=O) groups excluding carboxylic acids is 2. The first-order valence-electron chi connectivity index (χ1n) is 11.3. The van der Waals surface area contributed by atoms with Gasteiger partial charge in [0.1, 0.15) is 11.5 Å². The van der Waals surface area contributed by atoms with Crippen LogP contribution in [0.25, 0.3) is 0 Å². The number of aromatic nitrogens is 1. The molecule has 0 fully saturated rings. The highest BCUT2D eigenvalue weighted by Gasteiger charge is 2.30. The van der Waals surface area contributed by atoms with Crippen LogP contribution in [0, 0.1) is 0 Å². The second kappa shape index (κ2) is 11.7. The predicted octanol–water partition coefficient (Wildman–Crippen LogP) is 5.85. The van der Waals surface area contributed by atoms with Crippen LogP contribution in [-0.4, -0.2) is 28.2 Å². The number of hydrogen-bond donors (Lipinski definition) is 2. The van der Waals surface area contributed by atoms with E-state index < -0.39 is 17.6 Å². The number of furan rings is 1. The van der Waals surface area contributed by atoms with Crippen molar-refractivity contribution in [2.45, 2.75) is 25.7 Å². The Kier molecular flexibility index (Phi) is 8.24. The van der Waals surface area contributed by atoms with Crippen molar-refractivity contribution in [2.24, 2.45) is 0 Å². The normalized spacial score (nSPS) is 11.2. The molecule has 4 rings (SSSR count). The van der Waals surface area contributed by atoms with Gasteiger partial charge in [0.2, 0.25) is 5.91 Å². The molecule has 0 spiro atoms. The molecule has 11 heteroatoms. The lowest BCUT2D eigenvalue weighted by molar-refractivity contribution is -0.137. The third-order valence-electron chi connectivity index (χ3n) is 5.32. The van der Waals surface area contributed by atoms with E-state index in [0.717, 1.165) is 17.8 Å². The average Bonchev–Trinajstić information content (AvgIpc) is 3.57. The number of alkyl halides is 3. The minimum Gasteiger partial charge on any atom is -0.467 e. The molecule has 2 aromatic carbocycles. The summed E-state index contributed by atoms with van der Waals surface area (Å²) < 4.78 is 44.1. The van der Waals surface area contributed by atoms with E-state index in [-0.39, 0.29) is 37.7 Å². The van der Waals surface area contributed by atoms with Crippen molar-refractivity contribution in [1.82, 2.24) is 15.2 Å². The van der Waals surface area contributed by atoms with Crippen molar-refractivity contribution < 1.29 is 27.2 Å². The molecule has 2 amide bonds. The summed E-state index contributed by atoms with van der Waals surface area (Å²) in [5, 5.41) is 7.94. The van der Waals surface area contributed by atoms with Gasteiger partial charge in [-0.05, 0) is 42.0 Å². The number of hydrogen-bond acceptors (Lipinski definition) is 6. The molecule has 0 saturated carbocycles. The summed E-state index contributed by atoms with van der Waals surface area (Å²) in [6, 6.07) is 17.6. The predicted molar refractivity (Wildman–Crippen MR) is 133 cm³/mol. The number of thiazole rings is 1. The van der Waals surface area contributed by atoms with Gasteiger partial charge < -0.3 is 20.0 Å². The van der Waals surface area contributed by atoms with Crippen LogP contribution in [0.15, 0.2) is 82.8 Å². The number of amides is 2. The van der Waals surface area contributed by atoms with Gasteiger partial charge in [0.05, 0.1) is 18.4 Å². The molecule has 0 unspecified atom stereocenters. The van der Waals surface area contributed by atoms with E-state index >= 15 is 0 Å². The third-order valence-corrected chi connectivity index (χ3v) is 6.07. The Morgan fingerprint density at radius 1 is 1.03 bits per heavy atom. The molecule has 37 heavy (non-hydrogen) atoms. The Balaban J connectivity index is 1.37. The molecule has 0 saturated heterocycles. The van der Waals surface area contributed by atoms with Crippen molar-refractivity contribution in [2.75, 3.05) is 11.9 Å². The van der Waals surface area contributed by atoms with Crippen LogP contribution >= 0.6 is 11.3 Å². The van der Waals surface area contributed by atoms with E-state index in [9.17, 15) is 22.8 Å². The zero-order chi connectivity index (χ0) is 26.3. The van der Waals surface area contributed by atoms with Crippen molar-refractivity contribution in [3.63, 3.8) is 0 Å². The Bertz CT molecular complexity index is 1320. The minimum absolute atomic E-state index is 0.0509. The largest absolute Gasteiger partial charge is 0.467 e. The number of rotatable bonds is 10. The molecule has 192 valence electrons.